The molecule has 2 aliphatic rings. The van der Waals surface area contributed by atoms with Crippen LogP contribution >= 0.6 is 0 Å². The standard InChI is InChI=1S/C30H42N2O2/c1-21(22-10-7-6-8-11-22)31-29(23-14-16-26(33-5)17-15-23)24-12-9-13-25(20-24)32-27-18-19-28(27)34-30(2,3)4/h9,12-17,20-22,29,31-32H,6-8,10-11,18-19H2,1-5H3/t21-,29?/m0/s1. The van der Waals surface area contributed by atoms with Crippen LogP contribution in [0, 0.1) is 5.92 Å². The summed E-state index contributed by atoms with van der Waals surface area (Å²) in [6.07, 6.45) is 8.80. The molecule has 2 N–H and O–H groups in total. The number of methoxy groups -OCH3 is 1. The SMILES string of the molecule is COc1ccc(C(N[C@@H](C)C2CCCCC2)c2cccc(NC3=C(OC(C)(C)C)CC3)c2)cc1. The highest BCUT2D eigenvalue weighted by Crippen LogP contribution is 2.35. The molecule has 0 spiro atoms. The third kappa shape index (κ3) is 6.35. The van der Waals surface area contributed by atoms with Crippen LogP contribution in [0.1, 0.15) is 89.8 Å². The third-order valence-electron chi connectivity index (χ3n) is 7.12. The smallest absolute Gasteiger partial charge is 0.118 e. The topological polar surface area (TPSA) is 42.5 Å². The lowest BCUT2D eigenvalue weighted by Gasteiger charge is -2.33. The van der Waals surface area contributed by atoms with Gasteiger partial charge in [0.15, 0.2) is 0 Å². The van der Waals surface area contributed by atoms with Crippen molar-refractivity contribution in [2.45, 2.75) is 90.3 Å². The molecule has 2 atom stereocenters. The maximum Gasteiger partial charge on any atom is 0.118 e. The molecule has 0 amide bonds. The highest BCUT2D eigenvalue weighted by atomic mass is 16.5. The summed E-state index contributed by atoms with van der Waals surface area (Å²) < 4.78 is 11.5. The summed E-state index contributed by atoms with van der Waals surface area (Å²) in [4.78, 5) is 0. The second-order valence-electron chi connectivity index (χ2n) is 10.9. The molecule has 0 heterocycles. The molecule has 2 aliphatic carbocycles. The summed E-state index contributed by atoms with van der Waals surface area (Å²) in [5, 5.41) is 7.64. The first-order chi connectivity index (χ1) is 16.3. The largest absolute Gasteiger partial charge is 0.497 e. The summed E-state index contributed by atoms with van der Waals surface area (Å²) in [6, 6.07) is 17.9. The van der Waals surface area contributed by atoms with E-state index in [0.717, 1.165) is 36.0 Å². The average Bonchev–Trinajstić information content (AvgIpc) is 2.84. The van der Waals surface area contributed by atoms with Crippen LogP contribution in [0.5, 0.6) is 5.75 Å². The van der Waals surface area contributed by atoms with Gasteiger partial charge in [0.2, 0.25) is 0 Å². The monoisotopic (exact) mass is 462 g/mol. The zero-order chi connectivity index (χ0) is 24.1. The van der Waals surface area contributed by atoms with E-state index in [1.54, 1.807) is 7.11 Å². The molecular formula is C30H42N2O2. The number of anilines is 1. The molecule has 0 aromatic heterocycles. The van der Waals surface area contributed by atoms with E-state index in [-0.39, 0.29) is 11.6 Å². The predicted molar refractivity (Wildman–Crippen MR) is 141 cm³/mol. The van der Waals surface area contributed by atoms with Crippen LogP contribution in [0.15, 0.2) is 60.0 Å². The van der Waals surface area contributed by atoms with Crippen molar-refractivity contribution >= 4 is 5.69 Å². The van der Waals surface area contributed by atoms with Crippen molar-refractivity contribution in [3.8, 4) is 5.75 Å². The van der Waals surface area contributed by atoms with E-state index in [1.807, 2.05) is 0 Å². The van der Waals surface area contributed by atoms with E-state index in [4.69, 9.17) is 9.47 Å². The van der Waals surface area contributed by atoms with Crippen molar-refractivity contribution in [3.63, 3.8) is 0 Å². The summed E-state index contributed by atoms with van der Waals surface area (Å²) in [5.74, 6) is 2.73. The number of nitrogens with one attached hydrogen (secondary N) is 2. The Morgan fingerprint density at radius 2 is 1.65 bits per heavy atom. The second-order valence-corrected chi connectivity index (χ2v) is 10.9. The molecule has 0 aliphatic heterocycles. The molecule has 184 valence electrons. The van der Waals surface area contributed by atoms with Crippen molar-refractivity contribution in [2.75, 3.05) is 12.4 Å². The molecule has 4 rings (SSSR count). The van der Waals surface area contributed by atoms with Crippen molar-refractivity contribution in [1.82, 2.24) is 5.32 Å². The first kappa shape index (κ1) is 24.7. The summed E-state index contributed by atoms with van der Waals surface area (Å²) in [7, 11) is 1.72. The Balaban J connectivity index is 1.57. The van der Waals surface area contributed by atoms with E-state index in [9.17, 15) is 0 Å². The maximum absolute atomic E-state index is 6.14. The normalized spacial score (nSPS) is 18.7. The van der Waals surface area contributed by atoms with Crippen molar-refractivity contribution in [3.05, 3.63) is 71.1 Å². The van der Waals surface area contributed by atoms with Gasteiger partial charge in [-0.15, -0.1) is 0 Å². The first-order valence-corrected chi connectivity index (χ1v) is 13.0. The Labute approximate surface area is 206 Å². The number of allylic oxidation sites excluding steroid dienone is 2. The minimum Gasteiger partial charge on any atom is -0.497 e. The van der Waals surface area contributed by atoms with E-state index in [0.29, 0.717) is 6.04 Å². The molecule has 2 aromatic carbocycles. The predicted octanol–water partition coefficient (Wildman–Crippen LogP) is 7.58. The van der Waals surface area contributed by atoms with Gasteiger partial charge in [0.25, 0.3) is 0 Å². The lowest BCUT2D eigenvalue weighted by Crippen LogP contribution is -2.37. The van der Waals surface area contributed by atoms with Crippen LogP contribution in [0.4, 0.5) is 5.69 Å². The van der Waals surface area contributed by atoms with E-state index >= 15 is 0 Å². The molecule has 34 heavy (non-hydrogen) atoms. The van der Waals surface area contributed by atoms with Crippen molar-refractivity contribution < 1.29 is 9.47 Å². The van der Waals surface area contributed by atoms with Crippen LogP contribution < -0.4 is 15.4 Å². The Morgan fingerprint density at radius 3 is 2.26 bits per heavy atom. The lowest BCUT2D eigenvalue weighted by atomic mass is 9.83. The van der Waals surface area contributed by atoms with Gasteiger partial charge in [-0.25, -0.2) is 0 Å². The highest BCUT2D eigenvalue weighted by molar-refractivity contribution is 5.53. The number of benzene rings is 2. The minimum atomic E-state index is -0.164. The van der Waals surface area contributed by atoms with Crippen LogP contribution in [0.2, 0.25) is 0 Å². The van der Waals surface area contributed by atoms with Crippen LogP contribution in [0.25, 0.3) is 0 Å². The number of hydrogen-bond donors (Lipinski definition) is 2. The van der Waals surface area contributed by atoms with Crippen LogP contribution in [-0.2, 0) is 4.74 Å². The maximum atomic E-state index is 6.14. The zero-order valence-electron chi connectivity index (χ0n) is 21.6. The molecule has 0 saturated heterocycles. The Kier molecular flexibility index (Phi) is 7.88. The molecule has 4 heteroatoms. The van der Waals surface area contributed by atoms with Gasteiger partial charge in [0.05, 0.1) is 18.8 Å². The van der Waals surface area contributed by atoms with Crippen molar-refractivity contribution in [2.24, 2.45) is 5.92 Å². The van der Waals surface area contributed by atoms with Crippen LogP contribution in [0.3, 0.4) is 0 Å². The van der Waals surface area contributed by atoms with E-state index in [1.165, 1.54) is 48.9 Å². The van der Waals surface area contributed by atoms with Gasteiger partial charge in [0.1, 0.15) is 17.1 Å². The molecule has 0 radical (unpaired) electrons. The van der Waals surface area contributed by atoms with Gasteiger partial charge in [-0.2, -0.15) is 0 Å². The molecule has 0 bridgehead atoms. The Bertz CT molecular complexity index is 968. The molecule has 4 nitrogen and oxygen atoms in total. The van der Waals surface area contributed by atoms with Crippen LogP contribution in [-0.4, -0.2) is 18.8 Å². The van der Waals surface area contributed by atoms with E-state index in [2.05, 4.69) is 86.9 Å². The molecular weight excluding hydrogens is 420 g/mol. The van der Waals surface area contributed by atoms with Crippen molar-refractivity contribution in [1.29, 1.82) is 0 Å². The first-order valence-electron chi connectivity index (χ1n) is 13.0. The summed E-state index contributed by atoms with van der Waals surface area (Å²) in [6.45, 7) is 8.68. The van der Waals surface area contributed by atoms with E-state index < -0.39 is 0 Å². The van der Waals surface area contributed by atoms with Gasteiger partial charge >= 0.3 is 0 Å². The molecule has 1 unspecified atom stereocenters. The fourth-order valence-electron chi connectivity index (χ4n) is 5.15. The average molecular weight is 463 g/mol. The summed E-state index contributed by atoms with van der Waals surface area (Å²) >= 11 is 0. The fraction of sp³-hybridized carbons (Fsp3) is 0.533. The zero-order valence-corrected chi connectivity index (χ0v) is 21.6. The Hall–Kier alpha value is -2.46. The van der Waals surface area contributed by atoms with Gasteiger partial charge < -0.3 is 20.1 Å². The van der Waals surface area contributed by atoms with Gasteiger partial charge in [-0.05, 0) is 88.3 Å². The fourth-order valence-corrected chi connectivity index (χ4v) is 5.15. The Morgan fingerprint density at radius 1 is 0.912 bits per heavy atom. The molecule has 1 saturated carbocycles. The molecule has 2 aromatic rings. The van der Waals surface area contributed by atoms with Gasteiger partial charge in [-0.1, -0.05) is 43.5 Å². The quantitative estimate of drug-likeness (QED) is 0.403. The minimum absolute atomic E-state index is 0.130. The number of ether oxygens (including phenoxy) is 2. The third-order valence-corrected chi connectivity index (χ3v) is 7.12. The van der Waals surface area contributed by atoms with Gasteiger partial charge in [-0.3, -0.25) is 0 Å². The molecule has 1 fully saturated rings. The van der Waals surface area contributed by atoms with Gasteiger partial charge in [0, 0.05) is 18.2 Å². The summed E-state index contributed by atoms with van der Waals surface area (Å²) in [5.41, 5.74) is 4.70. The second kappa shape index (κ2) is 10.9. The lowest BCUT2D eigenvalue weighted by molar-refractivity contribution is 0.0372. The number of hydrogen-bond acceptors (Lipinski definition) is 4. The number of rotatable bonds is 9. The highest BCUT2D eigenvalue weighted by Gasteiger charge is 2.26.